The molecule has 0 unspecified atom stereocenters. The molecule has 0 aromatic carbocycles. The molecule has 0 heterocycles. The summed E-state index contributed by atoms with van der Waals surface area (Å²) in [5, 5.41) is 0. The van der Waals surface area contributed by atoms with Crippen molar-refractivity contribution >= 4 is 5.97 Å². The molecule has 0 aromatic rings. The average Bonchev–Trinajstić information content (AvgIpc) is 2.06. The molecule has 0 atom stereocenters. The quantitative estimate of drug-likeness (QED) is 0.450. The lowest BCUT2D eigenvalue weighted by Crippen LogP contribution is -2.15. The number of carbonyl (C=O) groups excluding carboxylic acids is 1. The lowest BCUT2D eigenvalue weighted by molar-refractivity contribution is -0.134. The number of carbonyl (C=O) groups is 1. The van der Waals surface area contributed by atoms with E-state index in [1.807, 2.05) is 18.7 Å². The van der Waals surface area contributed by atoms with Gasteiger partial charge in [-0.2, -0.15) is 0 Å². The molecule has 0 amide bonds. The van der Waals surface area contributed by atoms with Gasteiger partial charge in [0.25, 0.3) is 0 Å². The van der Waals surface area contributed by atoms with Crippen LogP contribution in [0.2, 0.25) is 0 Å². The SMILES string of the molecule is CCN(C=CC(=O)OC)CC. The van der Waals surface area contributed by atoms with Gasteiger partial charge < -0.3 is 9.64 Å². The summed E-state index contributed by atoms with van der Waals surface area (Å²) in [4.78, 5) is 12.6. The standard InChI is InChI=1S/C8H15NO2/c1-4-9(5-2)7-6-8(10)11-3/h6-7H,4-5H2,1-3H3. The van der Waals surface area contributed by atoms with Crippen molar-refractivity contribution in [1.29, 1.82) is 0 Å². The van der Waals surface area contributed by atoms with Gasteiger partial charge in [-0.15, -0.1) is 0 Å². The van der Waals surface area contributed by atoms with Crippen molar-refractivity contribution < 1.29 is 9.53 Å². The highest BCUT2D eigenvalue weighted by Gasteiger charge is 1.93. The molecular formula is C8H15NO2. The van der Waals surface area contributed by atoms with Crippen LogP contribution in [0.15, 0.2) is 12.3 Å². The summed E-state index contributed by atoms with van der Waals surface area (Å²) in [5.74, 6) is -0.308. The van der Waals surface area contributed by atoms with E-state index in [-0.39, 0.29) is 5.97 Å². The number of nitrogens with zero attached hydrogens (tertiary/aromatic N) is 1. The zero-order valence-corrected chi connectivity index (χ0v) is 7.33. The van der Waals surface area contributed by atoms with Gasteiger partial charge in [-0.1, -0.05) is 0 Å². The Kier molecular flexibility index (Phi) is 5.25. The molecule has 3 nitrogen and oxygen atoms in total. The van der Waals surface area contributed by atoms with Crippen LogP contribution in [0.3, 0.4) is 0 Å². The summed E-state index contributed by atoms with van der Waals surface area (Å²) in [6, 6.07) is 0. The number of rotatable bonds is 4. The fourth-order valence-electron chi connectivity index (χ4n) is 0.669. The maximum absolute atomic E-state index is 10.6. The molecule has 0 radical (unpaired) electrons. The Balaban J connectivity index is 3.78. The average molecular weight is 157 g/mol. The molecule has 0 aliphatic rings. The maximum Gasteiger partial charge on any atom is 0.331 e. The van der Waals surface area contributed by atoms with Crippen molar-refractivity contribution in [2.45, 2.75) is 13.8 Å². The van der Waals surface area contributed by atoms with Gasteiger partial charge in [0.05, 0.1) is 7.11 Å². The summed E-state index contributed by atoms with van der Waals surface area (Å²) >= 11 is 0. The highest BCUT2D eigenvalue weighted by Crippen LogP contribution is 1.88. The molecule has 0 saturated heterocycles. The van der Waals surface area contributed by atoms with Crippen LogP contribution in [0.25, 0.3) is 0 Å². The van der Waals surface area contributed by atoms with Crippen LogP contribution in [-0.2, 0) is 9.53 Å². The summed E-state index contributed by atoms with van der Waals surface area (Å²) < 4.78 is 4.44. The highest BCUT2D eigenvalue weighted by molar-refractivity contribution is 5.81. The highest BCUT2D eigenvalue weighted by atomic mass is 16.5. The van der Waals surface area contributed by atoms with E-state index in [1.165, 1.54) is 13.2 Å². The van der Waals surface area contributed by atoms with Crippen LogP contribution in [0.4, 0.5) is 0 Å². The molecule has 0 aliphatic heterocycles. The third-order valence-corrected chi connectivity index (χ3v) is 1.43. The van der Waals surface area contributed by atoms with E-state index in [0.29, 0.717) is 0 Å². The van der Waals surface area contributed by atoms with Gasteiger partial charge in [0, 0.05) is 25.4 Å². The molecule has 3 heteroatoms. The van der Waals surface area contributed by atoms with Crippen molar-refractivity contribution in [3.63, 3.8) is 0 Å². The second kappa shape index (κ2) is 5.77. The van der Waals surface area contributed by atoms with E-state index >= 15 is 0 Å². The lowest BCUT2D eigenvalue weighted by Gasteiger charge is -2.13. The largest absolute Gasteiger partial charge is 0.466 e. The Morgan fingerprint density at radius 2 is 2.00 bits per heavy atom. The van der Waals surface area contributed by atoms with E-state index in [9.17, 15) is 4.79 Å². The van der Waals surface area contributed by atoms with Gasteiger partial charge in [0.2, 0.25) is 0 Å². The molecule has 0 aromatic heterocycles. The minimum Gasteiger partial charge on any atom is -0.466 e. The first-order valence-electron chi connectivity index (χ1n) is 3.74. The van der Waals surface area contributed by atoms with Crippen LogP contribution in [0, 0.1) is 0 Å². The molecule has 11 heavy (non-hydrogen) atoms. The number of hydrogen-bond donors (Lipinski definition) is 0. The first-order valence-corrected chi connectivity index (χ1v) is 3.74. The number of methoxy groups -OCH3 is 1. The zero-order valence-electron chi connectivity index (χ0n) is 7.33. The molecule has 64 valence electrons. The maximum atomic E-state index is 10.6. The molecule has 0 aliphatic carbocycles. The van der Waals surface area contributed by atoms with Crippen molar-refractivity contribution in [2.24, 2.45) is 0 Å². The van der Waals surface area contributed by atoms with Gasteiger partial charge in [0.1, 0.15) is 0 Å². The first-order chi connectivity index (χ1) is 5.24. The molecule has 0 spiro atoms. The van der Waals surface area contributed by atoms with E-state index in [0.717, 1.165) is 13.1 Å². The van der Waals surface area contributed by atoms with E-state index in [2.05, 4.69) is 4.74 Å². The number of ether oxygens (including phenoxy) is 1. The summed E-state index contributed by atoms with van der Waals surface area (Å²) in [6.45, 7) is 5.88. The fraction of sp³-hybridized carbons (Fsp3) is 0.625. The summed E-state index contributed by atoms with van der Waals surface area (Å²) in [5.41, 5.74) is 0. The summed E-state index contributed by atoms with van der Waals surface area (Å²) in [6.07, 6.45) is 3.17. The number of esters is 1. The van der Waals surface area contributed by atoms with Crippen LogP contribution in [0.1, 0.15) is 13.8 Å². The molecule has 0 bridgehead atoms. The van der Waals surface area contributed by atoms with Crippen molar-refractivity contribution in [1.82, 2.24) is 4.90 Å². The Labute approximate surface area is 67.6 Å². The van der Waals surface area contributed by atoms with E-state index in [1.54, 1.807) is 6.20 Å². The van der Waals surface area contributed by atoms with Crippen LogP contribution < -0.4 is 0 Å². The predicted molar refractivity (Wildman–Crippen MR) is 44.1 cm³/mol. The van der Waals surface area contributed by atoms with Gasteiger partial charge in [0.15, 0.2) is 0 Å². The topological polar surface area (TPSA) is 29.5 Å². The predicted octanol–water partition coefficient (Wildman–Crippen LogP) is 1.01. The second-order valence-electron chi connectivity index (χ2n) is 2.06. The van der Waals surface area contributed by atoms with E-state index in [4.69, 9.17) is 0 Å². The molecular weight excluding hydrogens is 142 g/mol. The zero-order chi connectivity index (χ0) is 8.69. The lowest BCUT2D eigenvalue weighted by atomic mass is 10.5. The molecule has 0 saturated carbocycles. The summed E-state index contributed by atoms with van der Waals surface area (Å²) in [7, 11) is 1.37. The van der Waals surface area contributed by atoms with Crippen molar-refractivity contribution in [3.8, 4) is 0 Å². The van der Waals surface area contributed by atoms with Gasteiger partial charge in [-0.05, 0) is 13.8 Å². The Morgan fingerprint density at radius 3 is 2.36 bits per heavy atom. The number of hydrogen-bond acceptors (Lipinski definition) is 3. The normalized spacial score (nSPS) is 10.1. The van der Waals surface area contributed by atoms with E-state index < -0.39 is 0 Å². The molecule has 0 rings (SSSR count). The Bertz CT molecular complexity index is 139. The van der Waals surface area contributed by atoms with Crippen LogP contribution in [0.5, 0.6) is 0 Å². The minimum atomic E-state index is -0.308. The Hall–Kier alpha value is -0.990. The first kappa shape index (κ1) is 10.0. The monoisotopic (exact) mass is 157 g/mol. The molecule has 0 N–H and O–H groups in total. The smallest absolute Gasteiger partial charge is 0.331 e. The van der Waals surface area contributed by atoms with Gasteiger partial charge in [-0.25, -0.2) is 4.79 Å². The van der Waals surface area contributed by atoms with Crippen LogP contribution >= 0.6 is 0 Å². The fourth-order valence-corrected chi connectivity index (χ4v) is 0.669. The Morgan fingerprint density at radius 1 is 1.45 bits per heavy atom. The molecule has 0 fully saturated rings. The van der Waals surface area contributed by atoms with Crippen molar-refractivity contribution in [3.05, 3.63) is 12.3 Å². The third-order valence-electron chi connectivity index (χ3n) is 1.43. The second-order valence-corrected chi connectivity index (χ2v) is 2.06. The minimum absolute atomic E-state index is 0.308. The van der Waals surface area contributed by atoms with Crippen LogP contribution in [-0.4, -0.2) is 31.1 Å². The van der Waals surface area contributed by atoms with Gasteiger partial charge >= 0.3 is 5.97 Å². The third kappa shape index (κ3) is 4.42. The van der Waals surface area contributed by atoms with Crippen molar-refractivity contribution in [2.75, 3.05) is 20.2 Å². The van der Waals surface area contributed by atoms with Gasteiger partial charge in [-0.3, -0.25) is 0 Å².